The number of nitrogens with two attached hydrogens (primary N) is 1. The van der Waals surface area contributed by atoms with Gasteiger partial charge in [0, 0.05) is 39.3 Å². The highest BCUT2D eigenvalue weighted by Gasteiger charge is 2.25. The van der Waals surface area contributed by atoms with Crippen molar-refractivity contribution in [2.24, 2.45) is 5.73 Å². The van der Waals surface area contributed by atoms with E-state index in [2.05, 4.69) is 4.90 Å². The van der Waals surface area contributed by atoms with Crippen molar-refractivity contribution in [2.45, 2.75) is 13.3 Å². The molecule has 1 heterocycles. The SMILES string of the molecule is CCCS(=O)(=O)N1CCN(CCN)CC1. The van der Waals surface area contributed by atoms with E-state index in [1.54, 1.807) is 4.31 Å². The van der Waals surface area contributed by atoms with E-state index in [1.165, 1.54) is 0 Å². The van der Waals surface area contributed by atoms with Crippen LogP contribution in [0.15, 0.2) is 0 Å². The predicted octanol–water partition coefficient (Wildman–Crippen LogP) is -0.697. The van der Waals surface area contributed by atoms with Crippen LogP contribution in [0.5, 0.6) is 0 Å². The van der Waals surface area contributed by atoms with Crippen molar-refractivity contribution in [3.8, 4) is 0 Å². The zero-order chi connectivity index (χ0) is 11.3. The summed E-state index contributed by atoms with van der Waals surface area (Å²) in [5.41, 5.74) is 5.45. The van der Waals surface area contributed by atoms with E-state index in [9.17, 15) is 8.42 Å². The molecule has 15 heavy (non-hydrogen) atoms. The van der Waals surface area contributed by atoms with E-state index < -0.39 is 10.0 Å². The third kappa shape index (κ3) is 3.71. The van der Waals surface area contributed by atoms with E-state index in [-0.39, 0.29) is 5.75 Å². The molecular formula is C9H21N3O2S. The molecule has 2 N–H and O–H groups in total. The van der Waals surface area contributed by atoms with Gasteiger partial charge in [-0.05, 0) is 6.42 Å². The van der Waals surface area contributed by atoms with Crippen molar-refractivity contribution in [2.75, 3.05) is 45.0 Å². The Morgan fingerprint density at radius 1 is 1.20 bits per heavy atom. The summed E-state index contributed by atoms with van der Waals surface area (Å²) in [6, 6.07) is 0. The lowest BCUT2D eigenvalue weighted by Crippen LogP contribution is -2.50. The molecule has 0 radical (unpaired) electrons. The number of rotatable bonds is 5. The fraction of sp³-hybridized carbons (Fsp3) is 1.00. The summed E-state index contributed by atoms with van der Waals surface area (Å²) in [6.07, 6.45) is 0.686. The number of hydrogen-bond acceptors (Lipinski definition) is 4. The summed E-state index contributed by atoms with van der Waals surface area (Å²) in [6.45, 7) is 6.23. The van der Waals surface area contributed by atoms with Crippen LogP contribution in [-0.2, 0) is 10.0 Å². The fourth-order valence-corrected chi connectivity index (χ4v) is 3.29. The van der Waals surface area contributed by atoms with Crippen LogP contribution in [0.3, 0.4) is 0 Å². The van der Waals surface area contributed by atoms with Crippen LogP contribution in [0.25, 0.3) is 0 Å². The van der Waals surface area contributed by atoms with E-state index >= 15 is 0 Å². The van der Waals surface area contributed by atoms with Gasteiger partial charge >= 0.3 is 0 Å². The average molecular weight is 235 g/mol. The van der Waals surface area contributed by atoms with E-state index in [0.717, 1.165) is 19.6 Å². The number of piperazine rings is 1. The van der Waals surface area contributed by atoms with E-state index in [1.807, 2.05) is 6.92 Å². The highest BCUT2D eigenvalue weighted by Crippen LogP contribution is 2.08. The van der Waals surface area contributed by atoms with E-state index in [4.69, 9.17) is 5.73 Å². The van der Waals surface area contributed by atoms with Gasteiger partial charge in [-0.25, -0.2) is 8.42 Å². The van der Waals surface area contributed by atoms with Crippen molar-refractivity contribution >= 4 is 10.0 Å². The van der Waals surface area contributed by atoms with Crippen LogP contribution in [0.2, 0.25) is 0 Å². The summed E-state index contributed by atoms with van der Waals surface area (Å²) >= 11 is 0. The molecule has 1 saturated heterocycles. The maximum Gasteiger partial charge on any atom is 0.214 e. The quantitative estimate of drug-likeness (QED) is 0.684. The molecule has 0 aromatic heterocycles. The fourth-order valence-electron chi connectivity index (χ4n) is 1.80. The largest absolute Gasteiger partial charge is 0.329 e. The molecule has 5 nitrogen and oxygen atoms in total. The summed E-state index contributed by atoms with van der Waals surface area (Å²) in [5, 5.41) is 0. The molecule has 1 aliphatic heterocycles. The van der Waals surface area contributed by atoms with Gasteiger partial charge in [0.15, 0.2) is 0 Å². The third-order valence-electron chi connectivity index (χ3n) is 2.63. The van der Waals surface area contributed by atoms with Crippen molar-refractivity contribution in [1.82, 2.24) is 9.21 Å². The first kappa shape index (κ1) is 12.9. The maximum absolute atomic E-state index is 11.7. The molecule has 0 amide bonds. The second kappa shape index (κ2) is 5.79. The van der Waals surface area contributed by atoms with Gasteiger partial charge < -0.3 is 5.73 Å². The molecule has 0 atom stereocenters. The highest BCUT2D eigenvalue weighted by atomic mass is 32.2. The van der Waals surface area contributed by atoms with Crippen LogP contribution in [-0.4, -0.2) is 62.6 Å². The number of sulfonamides is 1. The lowest BCUT2D eigenvalue weighted by molar-refractivity contribution is 0.192. The molecule has 0 aromatic rings. The van der Waals surface area contributed by atoms with Gasteiger partial charge in [0.05, 0.1) is 5.75 Å². The molecule has 0 spiro atoms. The first-order valence-corrected chi connectivity index (χ1v) is 7.11. The van der Waals surface area contributed by atoms with Gasteiger partial charge in [-0.3, -0.25) is 4.90 Å². The first-order chi connectivity index (χ1) is 7.10. The van der Waals surface area contributed by atoms with Crippen LogP contribution >= 0.6 is 0 Å². The molecule has 1 fully saturated rings. The highest BCUT2D eigenvalue weighted by molar-refractivity contribution is 7.89. The van der Waals surface area contributed by atoms with Gasteiger partial charge in [0.25, 0.3) is 0 Å². The normalized spacial score (nSPS) is 20.7. The zero-order valence-corrected chi connectivity index (χ0v) is 10.2. The second-order valence-corrected chi connectivity index (χ2v) is 5.93. The Balaban J connectivity index is 2.43. The third-order valence-corrected chi connectivity index (χ3v) is 4.71. The average Bonchev–Trinajstić information content (AvgIpc) is 2.19. The van der Waals surface area contributed by atoms with E-state index in [0.29, 0.717) is 26.1 Å². The Morgan fingerprint density at radius 2 is 1.80 bits per heavy atom. The molecule has 90 valence electrons. The number of nitrogens with zero attached hydrogens (tertiary/aromatic N) is 2. The molecule has 6 heteroatoms. The van der Waals surface area contributed by atoms with Gasteiger partial charge in [-0.1, -0.05) is 6.92 Å². The summed E-state index contributed by atoms with van der Waals surface area (Å²) in [4.78, 5) is 2.21. The minimum absolute atomic E-state index is 0.268. The monoisotopic (exact) mass is 235 g/mol. The Kier molecular flexibility index (Phi) is 4.98. The van der Waals surface area contributed by atoms with Gasteiger partial charge in [0.1, 0.15) is 0 Å². The van der Waals surface area contributed by atoms with Crippen LogP contribution in [0.1, 0.15) is 13.3 Å². The second-order valence-electron chi connectivity index (χ2n) is 3.85. The van der Waals surface area contributed by atoms with Crippen molar-refractivity contribution < 1.29 is 8.42 Å². The molecule has 0 saturated carbocycles. The first-order valence-electron chi connectivity index (χ1n) is 5.50. The number of hydrogen-bond donors (Lipinski definition) is 1. The Bertz CT molecular complexity index is 271. The predicted molar refractivity (Wildman–Crippen MR) is 61.1 cm³/mol. The molecule has 0 aliphatic carbocycles. The van der Waals surface area contributed by atoms with Gasteiger partial charge in [-0.15, -0.1) is 0 Å². The molecule has 0 unspecified atom stereocenters. The van der Waals surface area contributed by atoms with Gasteiger partial charge in [0.2, 0.25) is 10.0 Å². The molecular weight excluding hydrogens is 214 g/mol. The summed E-state index contributed by atoms with van der Waals surface area (Å²) in [7, 11) is -3.00. The van der Waals surface area contributed by atoms with Crippen molar-refractivity contribution in [3.05, 3.63) is 0 Å². The molecule has 0 bridgehead atoms. The minimum Gasteiger partial charge on any atom is -0.329 e. The molecule has 0 aromatic carbocycles. The maximum atomic E-state index is 11.7. The molecule has 1 aliphatic rings. The topological polar surface area (TPSA) is 66.6 Å². The Hall–Kier alpha value is -0.170. The Morgan fingerprint density at radius 3 is 2.27 bits per heavy atom. The molecule has 1 rings (SSSR count). The summed E-state index contributed by atoms with van der Waals surface area (Å²) in [5.74, 6) is 0.268. The van der Waals surface area contributed by atoms with Crippen LogP contribution in [0.4, 0.5) is 0 Å². The zero-order valence-electron chi connectivity index (χ0n) is 9.35. The lowest BCUT2D eigenvalue weighted by atomic mass is 10.3. The summed E-state index contributed by atoms with van der Waals surface area (Å²) < 4.78 is 25.1. The minimum atomic E-state index is -3.00. The Labute approximate surface area is 92.3 Å². The smallest absolute Gasteiger partial charge is 0.214 e. The van der Waals surface area contributed by atoms with Gasteiger partial charge in [-0.2, -0.15) is 4.31 Å². The van der Waals surface area contributed by atoms with Crippen LogP contribution < -0.4 is 5.73 Å². The van der Waals surface area contributed by atoms with Crippen LogP contribution in [0, 0.1) is 0 Å². The lowest BCUT2D eigenvalue weighted by Gasteiger charge is -2.33. The standard InChI is InChI=1S/C9H21N3O2S/c1-2-9-15(13,14)12-7-5-11(4-3-10)6-8-12/h2-10H2,1H3. The van der Waals surface area contributed by atoms with Crippen molar-refractivity contribution in [1.29, 1.82) is 0 Å². The van der Waals surface area contributed by atoms with Crippen molar-refractivity contribution in [3.63, 3.8) is 0 Å².